The van der Waals surface area contributed by atoms with Gasteiger partial charge in [0.2, 0.25) is 0 Å². The largest absolute Gasteiger partial charge is 0.289 e. The zero-order valence-corrected chi connectivity index (χ0v) is 11.7. The average Bonchev–Trinajstić information content (AvgIpc) is 2.82. The molecular formula is C17H23N. The van der Waals surface area contributed by atoms with E-state index in [1.54, 1.807) is 0 Å². The smallest absolute Gasteiger partial charge is 0.0767 e. The molecular weight excluding hydrogens is 218 g/mol. The van der Waals surface area contributed by atoms with E-state index >= 15 is 0 Å². The summed E-state index contributed by atoms with van der Waals surface area (Å²) < 4.78 is 0. The van der Waals surface area contributed by atoms with Gasteiger partial charge in [0.25, 0.3) is 0 Å². The molecule has 18 heavy (non-hydrogen) atoms. The van der Waals surface area contributed by atoms with Crippen LogP contribution < -0.4 is 0 Å². The van der Waals surface area contributed by atoms with Gasteiger partial charge >= 0.3 is 0 Å². The van der Waals surface area contributed by atoms with Crippen molar-refractivity contribution in [2.24, 2.45) is 5.41 Å². The lowest BCUT2D eigenvalue weighted by molar-refractivity contribution is 0.171. The molecule has 1 heteroatoms. The topological polar surface area (TPSA) is 3.24 Å². The second-order valence-corrected chi connectivity index (χ2v) is 6.15. The SMILES string of the molecule is CC(C)(C)C(C#Cc1ccccc1)N1CCCC1. The monoisotopic (exact) mass is 241 g/mol. The molecule has 1 fully saturated rings. The van der Waals surface area contributed by atoms with Crippen molar-refractivity contribution in [3.05, 3.63) is 35.9 Å². The molecule has 0 aromatic heterocycles. The number of hydrogen-bond acceptors (Lipinski definition) is 1. The van der Waals surface area contributed by atoms with Crippen molar-refractivity contribution in [1.29, 1.82) is 0 Å². The van der Waals surface area contributed by atoms with Crippen LogP contribution in [-0.4, -0.2) is 24.0 Å². The molecule has 0 bridgehead atoms. The summed E-state index contributed by atoms with van der Waals surface area (Å²) in [6.45, 7) is 9.26. The van der Waals surface area contributed by atoms with E-state index in [1.165, 1.54) is 25.9 Å². The molecule has 0 saturated carbocycles. The number of likely N-dealkylation sites (tertiary alicyclic amines) is 1. The molecule has 1 atom stereocenters. The summed E-state index contributed by atoms with van der Waals surface area (Å²) in [6.07, 6.45) is 2.64. The highest BCUT2D eigenvalue weighted by Crippen LogP contribution is 2.26. The molecule has 1 unspecified atom stereocenters. The molecule has 0 spiro atoms. The molecule has 96 valence electrons. The predicted octanol–water partition coefficient (Wildman–Crippen LogP) is 3.55. The second kappa shape index (κ2) is 5.59. The van der Waals surface area contributed by atoms with Crippen molar-refractivity contribution in [3.8, 4) is 11.8 Å². The van der Waals surface area contributed by atoms with E-state index in [0.29, 0.717) is 6.04 Å². The Morgan fingerprint density at radius 2 is 1.67 bits per heavy atom. The molecule has 1 heterocycles. The summed E-state index contributed by atoms with van der Waals surface area (Å²) in [5, 5.41) is 0. The van der Waals surface area contributed by atoms with Crippen LogP contribution in [0.15, 0.2) is 30.3 Å². The van der Waals surface area contributed by atoms with Crippen LogP contribution in [0.3, 0.4) is 0 Å². The maximum atomic E-state index is 3.49. The van der Waals surface area contributed by atoms with E-state index in [4.69, 9.17) is 0 Å². The number of hydrogen-bond donors (Lipinski definition) is 0. The van der Waals surface area contributed by atoms with Gasteiger partial charge in [-0.3, -0.25) is 4.90 Å². The molecule has 1 aliphatic rings. The summed E-state index contributed by atoms with van der Waals surface area (Å²) in [5.74, 6) is 6.83. The minimum atomic E-state index is 0.214. The van der Waals surface area contributed by atoms with Gasteiger partial charge in [-0.05, 0) is 43.5 Å². The Kier molecular flexibility index (Phi) is 4.09. The van der Waals surface area contributed by atoms with Gasteiger partial charge in [0, 0.05) is 5.56 Å². The number of benzene rings is 1. The fraction of sp³-hybridized carbons (Fsp3) is 0.529. The van der Waals surface area contributed by atoms with Crippen LogP contribution >= 0.6 is 0 Å². The lowest BCUT2D eigenvalue weighted by Crippen LogP contribution is -2.41. The second-order valence-electron chi connectivity index (χ2n) is 6.15. The minimum absolute atomic E-state index is 0.214. The quantitative estimate of drug-likeness (QED) is 0.680. The fourth-order valence-electron chi connectivity index (χ4n) is 2.53. The highest BCUT2D eigenvalue weighted by molar-refractivity contribution is 5.35. The van der Waals surface area contributed by atoms with Crippen molar-refractivity contribution in [2.75, 3.05) is 13.1 Å². The zero-order chi connectivity index (χ0) is 13.0. The first-order chi connectivity index (χ1) is 8.57. The maximum absolute atomic E-state index is 3.49. The van der Waals surface area contributed by atoms with Crippen LogP contribution in [-0.2, 0) is 0 Å². The van der Waals surface area contributed by atoms with Crippen LogP contribution in [0.4, 0.5) is 0 Å². The maximum Gasteiger partial charge on any atom is 0.0767 e. The Balaban J connectivity index is 2.18. The van der Waals surface area contributed by atoms with Gasteiger partial charge < -0.3 is 0 Å². The van der Waals surface area contributed by atoms with Crippen molar-refractivity contribution < 1.29 is 0 Å². The van der Waals surface area contributed by atoms with Crippen molar-refractivity contribution in [2.45, 2.75) is 39.7 Å². The summed E-state index contributed by atoms with van der Waals surface area (Å²) in [4.78, 5) is 2.54. The summed E-state index contributed by atoms with van der Waals surface area (Å²) in [6, 6.07) is 10.7. The Hall–Kier alpha value is -1.26. The van der Waals surface area contributed by atoms with Gasteiger partial charge in [-0.25, -0.2) is 0 Å². The highest BCUT2D eigenvalue weighted by Gasteiger charge is 2.30. The summed E-state index contributed by atoms with van der Waals surface area (Å²) in [7, 11) is 0. The van der Waals surface area contributed by atoms with Crippen LogP contribution in [0.2, 0.25) is 0 Å². The van der Waals surface area contributed by atoms with Crippen molar-refractivity contribution in [3.63, 3.8) is 0 Å². The van der Waals surface area contributed by atoms with E-state index < -0.39 is 0 Å². The van der Waals surface area contributed by atoms with Crippen LogP contribution in [0, 0.1) is 17.3 Å². The molecule has 0 radical (unpaired) electrons. The average molecular weight is 241 g/mol. The molecule has 0 aliphatic carbocycles. The van der Waals surface area contributed by atoms with E-state index in [-0.39, 0.29) is 5.41 Å². The van der Waals surface area contributed by atoms with Gasteiger partial charge in [-0.1, -0.05) is 50.8 Å². The van der Waals surface area contributed by atoms with Gasteiger partial charge in [-0.2, -0.15) is 0 Å². The van der Waals surface area contributed by atoms with Gasteiger partial charge in [-0.15, -0.1) is 0 Å². The third-order valence-corrected chi connectivity index (χ3v) is 3.45. The Labute approximate surface area is 111 Å². The molecule has 1 aromatic rings. The lowest BCUT2D eigenvalue weighted by Gasteiger charge is -2.34. The van der Waals surface area contributed by atoms with E-state index in [9.17, 15) is 0 Å². The molecule has 0 amide bonds. The van der Waals surface area contributed by atoms with Gasteiger partial charge in [0.1, 0.15) is 0 Å². The normalized spacial score (nSPS) is 18.2. The van der Waals surface area contributed by atoms with Crippen molar-refractivity contribution in [1.82, 2.24) is 4.90 Å². The zero-order valence-electron chi connectivity index (χ0n) is 11.7. The van der Waals surface area contributed by atoms with E-state index in [1.807, 2.05) is 18.2 Å². The molecule has 1 aromatic carbocycles. The van der Waals surface area contributed by atoms with Crippen LogP contribution in [0.5, 0.6) is 0 Å². The first kappa shape index (κ1) is 13.2. The summed E-state index contributed by atoms with van der Waals surface area (Å²) >= 11 is 0. The Bertz CT molecular complexity index is 424. The third kappa shape index (κ3) is 3.37. The first-order valence-corrected chi connectivity index (χ1v) is 6.88. The first-order valence-electron chi connectivity index (χ1n) is 6.88. The number of nitrogens with zero attached hydrogens (tertiary/aromatic N) is 1. The van der Waals surface area contributed by atoms with Gasteiger partial charge in [0.15, 0.2) is 0 Å². The number of rotatable bonds is 1. The van der Waals surface area contributed by atoms with Crippen LogP contribution in [0.1, 0.15) is 39.2 Å². The lowest BCUT2D eigenvalue weighted by atomic mass is 9.86. The Morgan fingerprint density at radius 3 is 2.22 bits per heavy atom. The fourth-order valence-corrected chi connectivity index (χ4v) is 2.53. The predicted molar refractivity (Wildman–Crippen MR) is 77.4 cm³/mol. The molecule has 2 rings (SSSR count). The highest BCUT2D eigenvalue weighted by atomic mass is 15.2. The van der Waals surface area contributed by atoms with Crippen molar-refractivity contribution >= 4 is 0 Å². The van der Waals surface area contributed by atoms with E-state index in [0.717, 1.165) is 5.56 Å². The molecule has 0 N–H and O–H groups in total. The van der Waals surface area contributed by atoms with E-state index in [2.05, 4.69) is 49.6 Å². The Morgan fingerprint density at radius 1 is 1.06 bits per heavy atom. The third-order valence-electron chi connectivity index (χ3n) is 3.45. The van der Waals surface area contributed by atoms with Gasteiger partial charge in [0.05, 0.1) is 6.04 Å². The molecule has 1 nitrogen and oxygen atoms in total. The molecule has 1 saturated heterocycles. The minimum Gasteiger partial charge on any atom is -0.289 e. The van der Waals surface area contributed by atoms with Crippen LogP contribution in [0.25, 0.3) is 0 Å². The summed E-state index contributed by atoms with van der Waals surface area (Å²) in [5.41, 5.74) is 1.33. The molecule has 1 aliphatic heterocycles. The standard InChI is InChI=1S/C17H23N/c1-17(2,3)16(18-13-7-8-14-18)12-11-15-9-5-4-6-10-15/h4-6,9-10,16H,7-8,13-14H2,1-3H3.